The molecule has 0 aliphatic heterocycles. The van der Waals surface area contributed by atoms with E-state index < -0.39 is 21.6 Å². The van der Waals surface area contributed by atoms with E-state index in [9.17, 15) is 21.6 Å². The zero-order valence-electron chi connectivity index (χ0n) is 12.6. The molecule has 0 saturated heterocycles. The Bertz CT molecular complexity index is 971. The molecule has 2 heterocycles. The van der Waals surface area contributed by atoms with Gasteiger partial charge in [-0.25, -0.2) is 8.42 Å². The summed E-state index contributed by atoms with van der Waals surface area (Å²) in [5.41, 5.74) is 1.13. The Morgan fingerprint density at radius 2 is 1.96 bits per heavy atom. The molecule has 3 rings (SSSR count). The first kappa shape index (κ1) is 17.0. The van der Waals surface area contributed by atoms with E-state index in [1.54, 1.807) is 18.4 Å². The Kier molecular flexibility index (Phi) is 4.21. The van der Waals surface area contributed by atoms with Crippen molar-refractivity contribution in [2.24, 2.45) is 0 Å². The maximum Gasteiger partial charge on any atom is 0.416 e. The summed E-state index contributed by atoms with van der Waals surface area (Å²) in [6, 6.07) is 6.66. The second kappa shape index (κ2) is 5.93. The number of alkyl halides is 3. The summed E-state index contributed by atoms with van der Waals surface area (Å²) in [5.74, 6) is -0.141. The van der Waals surface area contributed by atoms with E-state index in [0.29, 0.717) is 22.2 Å². The number of nitrogens with one attached hydrogen (secondary N) is 1. The number of H-pyrrole nitrogens is 1. The zero-order chi connectivity index (χ0) is 17.5. The molecule has 0 bridgehead atoms. The van der Waals surface area contributed by atoms with Crippen LogP contribution in [-0.4, -0.2) is 19.2 Å². The first-order valence-corrected chi connectivity index (χ1v) is 9.66. The van der Waals surface area contributed by atoms with Crippen LogP contribution in [0.3, 0.4) is 0 Å². The monoisotopic (exact) mass is 373 g/mol. The normalized spacial score (nSPS) is 12.8. The van der Waals surface area contributed by atoms with E-state index in [1.165, 1.54) is 12.1 Å². The third-order valence-corrected chi connectivity index (χ3v) is 7.07. The number of halogens is 3. The van der Waals surface area contributed by atoms with E-state index >= 15 is 0 Å². The van der Waals surface area contributed by atoms with Crippen molar-refractivity contribution < 1.29 is 21.6 Å². The lowest BCUT2D eigenvalue weighted by Gasteiger charge is -2.07. The topological polar surface area (TPSA) is 49.9 Å². The lowest BCUT2D eigenvalue weighted by atomic mass is 10.1. The molecule has 0 aliphatic rings. The van der Waals surface area contributed by atoms with E-state index in [-0.39, 0.29) is 16.4 Å². The zero-order valence-corrected chi connectivity index (χ0v) is 14.3. The first-order chi connectivity index (χ1) is 11.2. The average Bonchev–Trinajstić information content (AvgIpc) is 3.11. The Balaban J connectivity index is 1.96. The summed E-state index contributed by atoms with van der Waals surface area (Å²) in [5, 5.41) is 2.10. The van der Waals surface area contributed by atoms with Crippen LogP contribution in [0.1, 0.15) is 16.8 Å². The van der Waals surface area contributed by atoms with Gasteiger partial charge >= 0.3 is 6.18 Å². The molecule has 24 heavy (non-hydrogen) atoms. The van der Waals surface area contributed by atoms with Crippen molar-refractivity contribution in [3.63, 3.8) is 0 Å². The fourth-order valence-corrected chi connectivity index (χ4v) is 5.07. The van der Waals surface area contributed by atoms with Gasteiger partial charge in [-0.15, -0.1) is 11.3 Å². The summed E-state index contributed by atoms with van der Waals surface area (Å²) in [6.45, 7) is 1.74. The maximum absolute atomic E-state index is 12.9. The Hall–Kier alpha value is -1.80. The predicted molar refractivity (Wildman–Crippen MR) is 88.1 cm³/mol. The molecule has 0 spiro atoms. The highest BCUT2D eigenvalue weighted by atomic mass is 32.2. The standard InChI is InChI=1S/C16H14F3NO2S2/c1-10-12(6-8-24(21,22)15-3-2-7-23-15)13-9-11(16(17,18)19)4-5-14(13)20-10/h2-5,7,9,20H,6,8H2,1H3. The Labute approximate surface area is 141 Å². The van der Waals surface area contributed by atoms with Gasteiger partial charge in [0.15, 0.2) is 9.84 Å². The highest BCUT2D eigenvalue weighted by Crippen LogP contribution is 2.33. The number of aryl methyl sites for hydroxylation is 2. The molecule has 1 N–H and O–H groups in total. The van der Waals surface area contributed by atoms with Crippen molar-refractivity contribution in [1.29, 1.82) is 0 Å². The molecular formula is C16H14F3NO2S2. The van der Waals surface area contributed by atoms with Crippen molar-refractivity contribution in [1.82, 2.24) is 4.98 Å². The van der Waals surface area contributed by atoms with Crippen LogP contribution in [0.2, 0.25) is 0 Å². The molecule has 1 aromatic carbocycles. The van der Waals surface area contributed by atoms with Gasteiger partial charge in [0.25, 0.3) is 0 Å². The molecule has 0 fully saturated rings. The average molecular weight is 373 g/mol. The van der Waals surface area contributed by atoms with Crippen LogP contribution in [0.4, 0.5) is 13.2 Å². The van der Waals surface area contributed by atoms with Gasteiger partial charge in [-0.2, -0.15) is 13.2 Å². The molecule has 0 aliphatic carbocycles. The van der Waals surface area contributed by atoms with Crippen molar-refractivity contribution in [2.45, 2.75) is 23.7 Å². The van der Waals surface area contributed by atoms with Crippen LogP contribution in [-0.2, 0) is 22.4 Å². The molecule has 3 nitrogen and oxygen atoms in total. The van der Waals surface area contributed by atoms with Crippen LogP contribution in [0, 0.1) is 6.92 Å². The summed E-state index contributed by atoms with van der Waals surface area (Å²) >= 11 is 1.14. The summed E-state index contributed by atoms with van der Waals surface area (Å²) in [7, 11) is -3.43. The smallest absolute Gasteiger partial charge is 0.358 e. The van der Waals surface area contributed by atoms with Gasteiger partial charge in [-0.3, -0.25) is 0 Å². The van der Waals surface area contributed by atoms with Gasteiger partial charge in [-0.05, 0) is 48.6 Å². The summed E-state index contributed by atoms with van der Waals surface area (Å²) < 4.78 is 63.6. The van der Waals surface area contributed by atoms with Crippen LogP contribution < -0.4 is 0 Å². The molecule has 8 heteroatoms. The van der Waals surface area contributed by atoms with Crippen LogP contribution in [0.5, 0.6) is 0 Å². The maximum atomic E-state index is 12.9. The number of fused-ring (bicyclic) bond motifs is 1. The van der Waals surface area contributed by atoms with Gasteiger partial charge in [0, 0.05) is 16.6 Å². The number of benzene rings is 1. The number of aromatic amines is 1. The highest BCUT2D eigenvalue weighted by Gasteiger charge is 2.31. The van der Waals surface area contributed by atoms with E-state index in [0.717, 1.165) is 23.5 Å². The third kappa shape index (κ3) is 3.21. The second-order valence-electron chi connectivity index (χ2n) is 5.49. The predicted octanol–water partition coefficient (Wildman–Crippen LogP) is 4.57. The minimum atomic E-state index is -4.43. The SMILES string of the molecule is Cc1[nH]c2ccc(C(F)(F)F)cc2c1CCS(=O)(=O)c1cccs1. The minimum Gasteiger partial charge on any atom is -0.358 e. The largest absolute Gasteiger partial charge is 0.416 e. The van der Waals surface area contributed by atoms with Gasteiger partial charge < -0.3 is 4.98 Å². The molecule has 3 aromatic rings. The number of hydrogen-bond acceptors (Lipinski definition) is 3. The fourth-order valence-electron chi connectivity index (χ4n) is 2.66. The number of thiophene rings is 1. The molecule has 2 aromatic heterocycles. The van der Waals surface area contributed by atoms with E-state index in [1.807, 2.05) is 0 Å². The van der Waals surface area contributed by atoms with E-state index in [4.69, 9.17) is 0 Å². The quantitative estimate of drug-likeness (QED) is 0.728. The summed E-state index contributed by atoms with van der Waals surface area (Å²) in [6.07, 6.45) is -4.27. The minimum absolute atomic E-state index is 0.141. The van der Waals surface area contributed by atoms with E-state index in [2.05, 4.69) is 4.98 Å². The Morgan fingerprint density at radius 1 is 1.21 bits per heavy atom. The van der Waals surface area contributed by atoms with Crippen LogP contribution >= 0.6 is 11.3 Å². The van der Waals surface area contributed by atoms with Gasteiger partial charge in [0.05, 0.1) is 11.3 Å². The van der Waals surface area contributed by atoms with Crippen molar-refractivity contribution in [3.8, 4) is 0 Å². The second-order valence-corrected chi connectivity index (χ2v) is 8.77. The van der Waals surface area contributed by atoms with Crippen LogP contribution in [0.25, 0.3) is 10.9 Å². The number of rotatable bonds is 4. The molecule has 0 saturated carbocycles. The van der Waals surface area contributed by atoms with Gasteiger partial charge in [0.2, 0.25) is 0 Å². The lowest BCUT2D eigenvalue weighted by Crippen LogP contribution is -2.08. The summed E-state index contributed by atoms with van der Waals surface area (Å²) in [4.78, 5) is 3.02. The van der Waals surface area contributed by atoms with Crippen molar-refractivity contribution in [3.05, 3.63) is 52.5 Å². The van der Waals surface area contributed by atoms with Crippen molar-refractivity contribution >= 4 is 32.1 Å². The third-order valence-electron chi connectivity index (χ3n) is 3.87. The highest BCUT2D eigenvalue weighted by molar-refractivity contribution is 7.93. The number of hydrogen-bond donors (Lipinski definition) is 1. The lowest BCUT2D eigenvalue weighted by molar-refractivity contribution is -0.137. The molecule has 0 radical (unpaired) electrons. The molecule has 0 amide bonds. The van der Waals surface area contributed by atoms with Gasteiger partial charge in [0.1, 0.15) is 4.21 Å². The number of sulfone groups is 1. The molecular weight excluding hydrogens is 359 g/mol. The number of aromatic nitrogens is 1. The van der Waals surface area contributed by atoms with Gasteiger partial charge in [-0.1, -0.05) is 6.07 Å². The van der Waals surface area contributed by atoms with Crippen molar-refractivity contribution in [2.75, 3.05) is 5.75 Å². The molecule has 0 atom stereocenters. The fraction of sp³-hybridized carbons (Fsp3) is 0.250. The molecule has 128 valence electrons. The van der Waals surface area contributed by atoms with Crippen LogP contribution in [0.15, 0.2) is 39.9 Å². The molecule has 0 unspecified atom stereocenters. The Morgan fingerprint density at radius 3 is 2.58 bits per heavy atom. The first-order valence-electron chi connectivity index (χ1n) is 7.13.